The lowest BCUT2D eigenvalue weighted by Gasteiger charge is -2.13. The summed E-state index contributed by atoms with van der Waals surface area (Å²) < 4.78 is 9.95. The van der Waals surface area contributed by atoms with Crippen molar-refractivity contribution in [3.63, 3.8) is 0 Å². The third kappa shape index (κ3) is 13.4. The van der Waals surface area contributed by atoms with Gasteiger partial charge in [-0.1, -0.05) is 71.6 Å². The van der Waals surface area contributed by atoms with Crippen molar-refractivity contribution in [1.82, 2.24) is 0 Å². The molecule has 0 radical (unpaired) electrons. The average Bonchev–Trinajstić information content (AvgIpc) is 2.59. The molecule has 0 aromatic carbocycles. The Morgan fingerprint density at radius 1 is 0.833 bits per heavy atom. The van der Waals surface area contributed by atoms with E-state index >= 15 is 0 Å². The third-order valence-electron chi connectivity index (χ3n) is 4.49. The maximum atomic E-state index is 12.0. The van der Waals surface area contributed by atoms with Gasteiger partial charge in [0, 0.05) is 6.42 Å². The Kier molecular flexibility index (Phi) is 16.0. The van der Waals surface area contributed by atoms with Crippen LogP contribution in [0.2, 0.25) is 0 Å². The van der Waals surface area contributed by atoms with Crippen molar-refractivity contribution >= 4 is 11.9 Å². The molecule has 0 bridgehead atoms. The van der Waals surface area contributed by atoms with Crippen LogP contribution < -0.4 is 0 Å². The van der Waals surface area contributed by atoms with E-state index in [0.717, 1.165) is 12.8 Å². The fourth-order valence-corrected chi connectivity index (χ4v) is 2.76. The van der Waals surface area contributed by atoms with Crippen molar-refractivity contribution in [2.45, 2.75) is 97.3 Å². The summed E-state index contributed by atoms with van der Waals surface area (Å²) in [6, 6.07) is 0. The summed E-state index contributed by atoms with van der Waals surface area (Å²) in [6.07, 6.45) is 14.2. The number of ether oxygens (including phenoxy) is 2. The van der Waals surface area contributed by atoms with Crippen molar-refractivity contribution in [2.24, 2.45) is 5.92 Å². The van der Waals surface area contributed by atoms with E-state index in [4.69, 9.17) is 4.74 Å². The molecular weight excluding hydrogens is 304 g/mol. The van der Waals surface area contributed by atoms with Crippen LogP contribution in [0.25, 0.3) is 0 Å². The quantitative estimate of drug-likeness (QED) is 0.277. The molecule has 0 rings (SSSR count). The zero-order chi connectivity index (χ0) is 18.0. The Balaban J connectivity index is 3.51. The molecule has 0 heterocycles. The summed E-state index contributed by atoms with van der Waals surface area (Å²) >= 11 is 0. The highest BCUT2D eigenvalue weighted by Crippen LogP contribution is 2.14. The lowest BCUT2D eigenvalue weighted by atomic mass is 10.0. The molecule has 0 aromatic heterocycles. The minimum absolute atomic E-state index is 0.169. The molecule has 24 heavy (non-hydrogen) atoms. The molecule has 4 heteroatoms. The number of carbonyl (C=O) groups excluding carboxylic acids is 2. The second-order valence-corrected chi connectivity index (χ2v) is 6.57. The number of hydrogen-bond acceptors (Lipinski definition) is 4. The monoisotopic (exact) mass is 342 g/mol. The molecule has 0 aliphatic carbocycles. The average molecular weight is 343 g/mol. The van der Waals surface area contributed by atoms with E-state index in [2.05, 4.69) is 11.7 Å². The fraction of sp³-hybridized carbons (Fsp3) is 0.900. The van der Waals surface area contributed by atoms with Crippen molar-refractivity contribution in [1.29, 1.82) is 0 Å². The maximum absolute atomic E-state index is 12.0. The molecule has 0 N–H and O–H groups in total. The molecule has 1 unspecified atom stereocenters. The molecule has 0 saturated heterocycles. The number of rotatable bonds is 16. The van der Waals surface area contributed by atoms with E-state index in [-0.39, 0.29) is 24.3 Å². The summed E-state index contributed by atoms with van der Waals surface area (Å²) in [4.78, 5) is 23.1. The van der Waals surface area contributed by atoms with E-state index in [1.54, 1.807) is 0 Å². The molecule has 1 atom stereocenters. The standard InChI is InChI=1S/C20H38O4/c1-4-6-7-8-9-10-11-12-13-14-17-24-20(22)18(5-2)15-16-19(21)23-3/h18H,4-17H2,1-3H3. The number of hydrogen-bond donors (Lipinski definition) is 0. The molecular formula is C20H38O4. The van der Waals surface area contributed by atoms with Gasteiger partial charge in [-0.3, -0.25) is 9.59 Å². The second kappa shape index (κ2) is 16.8. The van der Waals surface area contributed by atoms with Crippen LogP contribution in [0.5, 0.6) is 0 Å². The first-order valence-electron chi connectivity index (χ1n) is 9.89. The van der Waals surface area contributed by atoms with Crippen LogP contribution in [-0.4, -0.2) is 25.7 Å². The number of unbranched alkanes of at least 4 members (excludes halogenated alkanes) is 9. The highest BCUT2D eigenvalue weighted by molar-refractivity contribution is 5.74. The van der Waals surface area contributed by atoms with Gasteiger partial charge >= 0.3 is 11.9 Å². The van der Waals surface area contributed by atoms with Gasteiger partial charge in [-0.15, -0.1) is 0 Å². The molecule has 4 nitrogen and oxygen atoms in total. The third-order valence-corrected chi connectivity index (χ3v) is 4.49. The fourth-order valence-electron chi connectivity index (χ4n) is 2.76. The molecule has 0 amide bonds. The highest BCUT2D eigenvalue weighted by Gasteiger charge is 2.19. The molecule has 0 saturated carbocycles. The Morgan fingerprint density at radius 3 is 1.88 bits per heavy atom. The van der Waals surface area contributed by atoms with Crippen LogP contribution >= 0.6 is 0 Å². The van der Waals surface area contributed by atoms with Gasteiger partial charge in [-0.2, -0.15) is 0 Å². The lowest BCUT2D eigenvalue weighted by molar-refractivity contribution is -0.149. The smallest absolute Gasteiger partial charge is 0.308 e. The van der Waals surface area contributed by atoms with Crippen molar-refractivity contribution < 1.29 is 19.1 Å². The van der Waals surface area contributed by atoms with E-state index in [9.17, 15) is 9.59 Å². The molecule has 0 fully saturated rings. The largest absolute Gasteiger partial charge is 0.469 e. The van der Waals surface area contributed by atoms with Gasteiger partial charge in [0.2, 0.25) is 0 Å². The summed E-state index contributed by atoms with van der Waals surface area (Å²) in [6.45, 7) is 4.70. The van der Waals surface area contributed by atoms with Gasteiger partial charge < -0.3 is 9.47 Å². The first-order chi connectivity index (χ1) is 11.7. The highest BCUT2D eigenvalue weighted by atomic mass is 16.5. The van der Waals surface area contributed by atoms with Crippen LogP contribution in [0.3, 0.4) is 0 Å². The van der Waals surface area contributed by atoms with Gasteiger partial charge in [-0.05, 0) is 19.3 Å². The molecule has 0 aromatic rings. The first-order valence-corrected chi connectivity index (χ1v) is 9.89. The van der Waals surface area contributed by atoms with Crippen molar-refractivity contribution in [3.05, 3.63) is 0 Å². The number of methoxy groups -OCH3 is 1. The predicted octanol–water partition coefficient (Wildman–Crippen LogP) is 5.43. The topological polar surface area (TPSA) is 52.6 Å². The maximum Gasteiger partial charge on any atom is 0.308 e. The van der Waals surface area contributed by atoms with Crippen molar-refractivity contribution in [2.75, 3.05) is 13.7 Å². The first kappa shape index (κ1) is 22.9. The van der Waals surface area contributed by atoms with Gasteiger partial charge in [0.05, 0.1) is 19.6 Å². The van der Waals surface area contributed by atoms with E-state index in [1.807, 2.05) is 6.92 Å². The van der Waals surface area contributed by atoms with Gasteiger partial charge in [-0.25, -0.2) is 0 Å². The van der Waals surface area contributed by atoms with E-state index in [1.165, 1.54) is 58.5 Å². The molecule has 0 spiro atoms. The minimum atomic E-state index is -0.268. The SMILES string of the molecule is CCCCCCCCCCCCOC(=O)C(CC)CCC(=O)OC. The Bertz CT molecular complexity index is 315. The van der Waals surface area contributed by atoms with Gasteiger partial charge in [0.1, 0.15) is 0 Å². The Hall–Kier alpha value is -1.06. The normalized spacial score (nSPS) is 12.0. The van der Waals surface area contributed by atoms with Gasteiger partial charge in [0.15, 0.2) is 0 Å². The van der Waals surface area contributed by atoms with E-state index in [0.29, 0.717) is 19.4 Å². The minimum Gasteiger partial charge on any atom is -0.469 e. The Morgan fingerprint density at radius 2 is 1.38 bits per heavy atom. The molecule has 0 aliphatic heterocycles. The van der Waals surface area contributed by atoms with E-state index < -0.39 is 0 Å². The van der Waals surface area contributed by atoms with Gasteiger partial charge in [0.25, 0.3) is 0 Å². The van der Waals surface area contributed by atoms with Crippen LogP contribution in [-0.2, 0) is 19.1 Å². The molecule has 0 aliphatic rings. The lowest BCUT2D eigenvalue weighted by Crippen LogP contribution is -2.19. The molecule has 142 valence electrons. The zero-order valence-corrected chi connectivity index (χ0v) is 16.1. The summed E-state index contributed by atoms with van der Waals surface area (Å²) in [5, 5.41) is 0. The number of carbonyl (C=O) groups is 2. The summed E-state index contributed by atoms with van der Waals surface area (Å²) in [5.74, 6) is -0.625. The predicted molar refractivity (Wildman–Crippen MR) is 97.8 cm³/mol. The number of esters is 2. The summed E-state index contributed by atoms with van der Waals surface area (Å²) in [7, 11) is 1.37. The van der Waals surface area contributed by atoms with Crippen LogP contribution in [0.1, 0.15) is 97.3 Å². The van der Waals surface area contributed by atoms with Crippen molar-refractivity contribution in [3.8, 4) is 0 Å². The van der Waals surface area contributed by atoms with Crippen LogP contribution in [0.15, 0.2) is 0 Å². The zero-order valence-electron chi connectivity index (χ0n) is 16.1. The second-order valence-electron chi connectivity index (χ2n) is 6.57. The van der Waals surface area contributed by atoms with Crippen LogP contribution in [0, 0.1) is 5.92 Å². The summed E-state index contributed by atoms with van der Waals surface area (Å²) in [5.41, 5.74) is 0. The van der Waals surface area contributed by atoms with Crippen LogP contribution in [0.4, 0.5) is 0 Å². The Labute approximate surface area is 148 Å².